The van der Waals surface area contributed by atoms with Gasteiger partial charge in [0.15, 0.2) is 0 Å². The van der Waals surface area contributed by atoms with Crippen LogP contribution in [0.2, 0.25) is 5.02 Å². The van der Waals surface area contributed by atoms with Gasteiger partial charge < -0.3 is 11.1 Å². The zero-order valence-corrected chi connectivity index (χ0v) is 11.6. The third-order valence-electron chi connectivity index (χ3n) is 3.64. The van der Waals surface area contributed by atoms with Crippen molar-refractivity contribution in [3.8, 4) is 0 Å². The third-order valence-corrected chi connectivity index (χ3v) is 4.00. The van der Waals surface area contributed by atoms with E-state index in [0.717, 1.165) is 25.7 Å². The molecule has 1 fully saturated rings. The lowest BCUT2D eigenvalue weighted by molar-refractivity contribution is 0.492. The molecular weight excluding hydrogens is 264 g/mol. The Balaban J connectivity index is 2.28. The van der Waals surface area contributed by atoms with Gasteiger partial charge in [-0.15, -0.1) is 6.58 Å². The maximum Gasteiger partial charge on any atom is 0.287 e. The monoisotopic (exact) mass is 282 g/mol. The van der Waals surface area contributed by atoms with Gasteiger partial charge in [0, 0.05) is 12.1 Å². The number of rotatable bonds is 5. The molecule has 0 saturated heterocycles. The Bertz CT molecular complexity index is 520. The molecule has 0 radical (unpaired) electrons. The van der Waals surface area contributed by atoms with E-state index < -0.39 is 0 Å². The molecule has 0 unspecified atom stereocenters. The first-order chi connectivity index (χ1) is 9.12. The number of hydrogen-bond donors (Lipinski definition) is 2. The molecule has 104 valence electrons. The van der Waals surface area contributed by atoms with Crippen molar-refractivity contribution >= 4 is 17.3 Å². The average molecular weight is 283 g/mol. The molecule has 5 nitrogen and oxygen atoms in total. The summed E-state index contributed by atoms with van der Waals surface area (Å²) in [6.07, 6.45) is 7.47. The molecule has 0 amide bonds. The van der Waals surface area contributed by atoms with E-state index in [-0.39, 0.29) is 16.1 Å². The molecule has 0 spiro atoms. The average Bonchev–Trinajstić information content (AvgIpc) is 2.88. The van der Waals surface area contributed by atoms with Crippen molar-refractivity contribution in [3.05, 3.63) is 34.2 Å². The number of nitrogens with two attached hydrogens (primary N) is 1. The molecule has 1 heterocycles. The summed E-state index contributed by atoms with van der Waals surface area (Å²) in [5, 5.41) is 7.57. The van der Waals surface area contributed by atoms with Crippen LogP contribution in [0.15, 0.2) is 23.6 Å². The minimum atomic E-state index is -0.309. The first-order valence-corrected chi connectivity index (χ1v) is 6.84. The molecule has 0 atom stereocenters. The minimum absolute atomic E-state index is 0.150. The van der Waals surface area contributed by atoms with Gasteiger partial charge in [-0.2, -0.15) is 5.10 Å². The molecule has 2 rings (SSSR count). The highest BCUT2D eigenvalue weighted by Crippen LogP contribution is 2.33. The highest BCUT2D eigenvalue weighted by molar-refractivity contribution is 6.32. The molecule has 1 aliphatic carbocycles. The van der Waals surface area contributed by atoms with Gasteiger partial charge in [0.2, 0.25) is 0 Å². The molecule has 1 aromatic rings. The predicted octanol–water partition coefficient (Wildman–Crippen LogP) is 1.77. The maximum absolute atomic E-state index is 12.0. The number of nitrogens with zero attached hydrogens (tertiary/aromatic N) is 2. The van der Waals surface area contributed by atoms with E-state index in [2.05, 4.69) is 17.0 Å². The Kier molecular flexibility index (Phi) is 4.27. The van der Waals surface area contributed by atoms with Crippen LogP contribution in [-0.2, 0) is 6.54 Å². The summed E-state index contributed by atoms with van der Waals surface area (Å²) >= 11 is 6.12. The number of nitrogens with one attached hydrogen (secondary N) is 1. The van der Waals surface area contributed by atoms with Crippen LogP contribution in [0, 0.1) is 0 Å². The molecule has 1 saturated carbocycles. The Labute approximate surface area is 117 Å². The topological polar surface area (TPSA) is 72.9 Å². The van der Waals surface area contributed by atoms with E-state index in [9.17, 15) is 4.79 Å². The van der Waals surface area contributed by atoms with Crippen molar-refractivity contribution in [1.29, 1.82) is 0 Å². The van der Waals surface area contributed by atoms with Gasteiger partial charge in [-0.3, -0.25) is 4.79 Å². The standard InChI is InChI=1S/C13H19ClN4O/c1-2-7-18-12(19)11(14)10(8-16-18)17-13(9-15)5-3-4-6-13/h2,8,17H,1,3-7,9,15H2. The molecular formula is C13H19ClN4O. The van der Waals surface area contributed by atoms with E-state index in [1.54, 1.807) is 12.3 Å². The number of hydrogen-bond acceptors (Lipinski definition) is 4. The first kappa shape index (κ1) is 14.1. The Hall–Kier alpha value is -1.33. The molecule has 1 aromatic heterocycles. The van der Waals surface area contributed by atoms with Crippen LogP contribution >= 0.6 is 11.6 Å². The van der Waals surface area contributed by atoms with E-state index in [4.69, 9.17) is 17.3 Å². The maximum atomic E-state index is 12.0. The fourth-order valence-electron chi connectivity index (χ4n) is 2.52. The Morgan fingerprint density at radius 3 is 2.84 bits per heavy atom. The Morgan fingerprint density at radius 1 is 1.58 bits per heavy atom. The number of halogens is 1. The highest BCUT2D eigenvalue weighted by atomic mass is 35.5. The van der Waals surface area contributed by atoms with E-state index in [0.29, 0.717) is 18.8 Å². The van der Waals surface area contributed by atoms with Crippen LogP contribution in [0.3, 0.4) is 0 Å². The zero-order valence-electron chi connectivity index (χ0n) is 10.9. The number of allylic oxidation sites excluding steroid dienone is 1. The molecule has 19 heavy (non-hydrogen) atoms. The molecule has 0 aromatic carbocycles. The van der Waals surface area contributed by atoms with Gasteiger partial charge in [-0.1, -0.05) is 30.5 Å². The minimum Gasteiger partial charge on any atom is -0.376 e. The number of aromatic nitrogens is 2. The van der Waals surface area contributed by atoms with Gasteiger partial charge in [0.05, 0.1) is 18.4 Å². The van der Waals surface area contributed by atoms with Crippen LogP contribution in [0.5, 0.6) is 0 Å². The normalized spacial score (nSPS) is 17.4. The fraction of sp³-hybridized carbons (Fsp3) is 0.538. The van der Waals surface area contributed by atoms with Crippen molar-refractivity contribution in [3.63, 3.8) is 0 Å². The smallest absolute Gasteiger partial charge is 0.287 e. The fourth-order valence-corrected chi connectivity index (χ4v) is 2.72. The van der Waals surface area contributed by atoms with Gasteiger partial charge in [-0.25, -0.2) is 4.68 Å². The van der Waals surface area contributed by atoms with E-state index in [1.807, 2.05) is 0 Å². The molecule has 6 heteroatoms. The SMILES string of the molecule is C=CCn1ncc(NC2(CN)CCCC2)c(Cl)c1=O. The second-order valence-electron chi connectivity index (χ2n) is 4.96. The van der Waals surface area contributed by atoms with Crippen molar-refractivity contribution in [2.24, 2.45) is 5.73 Å². The highest BCUT2D eigenvalue weighted by Gasteiger charge is 2.33. The van der Waals surface area contributed by atoms with Crippen molar-refractivity contribution < 1.29 is 0 Å². The second kappa shape index (κ2) is 5.75. The van der Waals surface area contributed by atoms with Crippen molar-refractivity contribution in [2.75, 3.05) is 11.9 Å². The molecule has 0 bridgehead atoms. The van der Waals surface area contributed by atoms with E-state index >= 15 is 0 Å². The lowest BCUT2D eigenvalue weighted by Gasteiger charge is -2.30. The number of anilines is 1. The summed E-state index contributed by atoms with van der Waals surface area (Å²) in [7, 11) is 0. The summed E-state index contributed by atoms with van der Waals surface area (Å²) in [4.78, 5) is 12.0. The lowest BCUT2D eigenvalue weighted by atomic mass is 9.97. The van der Waals surface area contributed by atoms with E-state index in [1.165, 1.54) is 4.68 Å². The third kappa shape index (κ3) is 2.82. The van der Waals surface area contributed by atoms with Crippen LogP contribution in [0.25, 0.3) is 0 Å². The first-order valence-electron chi connectivity index (χ1n) is 6.47. The van der Waals surface area contributed by atoms with Crippen molar-refractivity contribution in [2.45, 2.75) is 37.8 Å². The predicted molar refractivity (Wildman–Crippen MR) is 77.6 cm³/mol. The Morgan fingerprint density at radius 2 is 2.26 bits per heavy atom. The molecule has 3 N–H and O–H groups in total. The van der Waals surface area contributed by atoms with Gasteiger partial charge >= 0.3 is 0 Å². The summed E-state index contributed by atoms with van der Waals surface area (Å²) in [5.74, 6) is 0. The van der Waals surface area contributed by atoms with Crippen LogP contribution in [0.4, 0.5) is 5.69 Å². The van der Waals surface area contributed by atoms with Gasteiger partial charge in [-0.05, 0) is 12.8 Å². The van der Waals surface area contributed by atoms with Crippen LogP contribution in [0.1, 0.15) is 25.7 Å². The second-order valence-corrected chi connectivity index (χ2v) is 5.34. The van der Waals surface area contributed by atoms with Crippen LogP contribution in [-0.4, -0.2) is 21.9 Å². The quantitative estimate of drug-likeness (QED) is 0.807. The summed E-state index contributed by atoms with van der Waals surface area (Å²) in [5.41, 5.74) is 5.97. The van der Waals surface area contributed by atoms with Crippen molar-refractivity contribution in [1.82, 2.24) is 9.78 Å². The molecule has 1 aliphatic rings. The van der Waals surface area contributed by atoms with Gasteiger partial charge in [0.25, 0.3) is 5.56 Å². The molecule has 0 aliphatic heterocycles. The van der Waals surface area contributed by atoms with Crippen LogP contribution < -0.4 is 16.6 Å². The zero-order chi connectivity index (χ0) is 13.9. The van der Waals surface area contributed by atoms with Gasteiger partial charge in [0.1, 0.15) is 5.02 Å². The summed E-state index contributed by atoms with van der Waals surface area (Å²) in [6.45, 7) is 4.46. The summed E-state index contributed by atoms with van der Waals surface area (Å²) in [6, 6.07) is 0. The lowest BCUT2D eigenvalue weighted by Crippen LogP contribution is -2.43. The largest absolute Gasteiger partial charge is 0.376 e. The summed E-state index contributed by atoms with van der Waals surface area (Å²) < 4.78 is 1.28.